The lowest BCUT2D eigenvalue weighted by Crippen LogP contribution is -2.43. The van der Waals surface area contributed by atoms with Gasteiger partial charge in [-0.3, -0.25) is 4.79 Å². The highest BCUT2D eigenvalue weighted by Gasteiger charge is 2.47. The summed E-state index contributed by atoms with van der Waals surface area (Å²) in [5.41, 5.74) is 0.991. The summed E-state index contributed by atoms with van der Waals surface area (Å²) in [5.74, 6) is 0.497. The second-order valence-corrected chi connectivity index (χ2v) is 5.91. The van der Waals surface area contributed by atoms with Crippen LogP contribution < -0.4 is 0 Å². The molecule has 1 spiro atoms. The molecule has 0 saturated heterocycles. The number of ketones is 1. The molecule has 0 N–H and O–H groups in total. The van der Waals surface area contributed by atoms with E-state index in [1.165, 1.54) is 38.5 Å². The van der Waals surface area contributed by atoms with Gasteiger partial charge in [0.05, 0.1) is 0 Å². The molecular weight excluding hydrogens is 172 g/mol. The van der Waals surface area contributed by atoms with Crippen molar-refractivity contribution in [1.29, 1.82) is 0 Å². The fourth-order valence-corrected chi connectivity index (χ4v) is 3.57. The Balaban J connectivity index is 2.16. The number of Topliss-reactive ketones (excluding diaryl/α,β-unsaturated/α-hetero) is 1. The summed E-state index contributed by atoms with van der Waals surface area (Å²) in [7, 11) is 0. The van der Waals surface area contributed by atoms with Gasteiger partial charge in [-0.25, -0.2) is 0 Å². The van der Waals surface area contributed by atoms with Crippen LogP contribution in [0, 0.1) is 10.8 Å². The van der Waals surface area contributed by atoms with E-state index in [9.17, 15) is 4.79 Å². The van der Waals surface area contributed by atoms with Crippen molar-refractivity contribution in [1.82, 2.24) is 0 Å². The largest absolute Gasteiger partial charge is 0.300 e. The van der Waals surface area contributed by atoms with Crippen LogP contribution in [-0.2, 0) is 4.79 Å². The summed E-state index contributed by atoms with van der Waals surface area (Å²) in [6.45, 7) is 4.84. The van der Waals surface area contributed by atoms with Crippen LogP contribution in [0.25, 0.3) is 0 Å². The van der Waals surface area contributed by atoms with E-state index in [-0.39, 0.29) is 0 Å². The monoisotopic (exact) mass is 194 g/mol. The van der Waals surface area contributed by atoms with Crippen LogP contribution in [-0.4, -0.2) is 5.78 Å². The van der Waals surface area contributed by atoms with E-state index in [4.69, 9.17) is 0 Å². The summed E-state index contributed by atoms with van der Waals surface area (Å²) in [5, 5.41) is 0. The van der Waals surface area contributed by atoms with E-state index < -0.39 is 0 Å². The Morgan fingerprint density at radius 1 is 0.929 bits per heavy atom. The molecule has 0 radical (unpaired) electrons. The van der Waals surface area contributed by atoms with Gasteiger partial charge in [0.1, 0.15) is 5.78 Å². The molecule has 1 nitrogen and oxygen atoms in total. The van der Waals surface area contributed by atoms with Crippen molar-refractivity contribution in [2.45, 2.75) is 65.2 Å². The van der Waals surface area contributed by atoms with Gasteiger partial charge in [0.2, 0.25) is 0 Å². The first-order chi connectivity index (χ1) is 6.56. The fraction of sp³-hybridized carbons (Fsp3) is 0.923. The van der Waals surface area contributed by atoms with E-state index in [1.54, 1.807) is 0 Å². The minimum Gasteiger partial charge on any atom is -0.300 e. The second kappa shape index (κ2) is 3.36. The molecule has 0 aromatic carbocycles. The van der Waals surface area contributed by atoms with Gasteiger partial charge in [0.25, 0.3) is 0 Å². The standard InChI is InChI=1S/C13H22O/c1-12(2)7-3-4-8-13(12)9-5-11(14)6-10-13/h3-10H2,1-2H3. The lowest BCUT2D eigenvalue weighted by Gasteiger charge is -2.52. The van der Waals surface area contributed by atoms with Crippen molar-refractivity contribution in [3.8, 4) is 0 Å². The Bertz CT molecular complexity index is 230. The normalized spacial score (nSPS) is 30.6. The molecule has 2 saturated carbocycles. The van der Waals surface area contributed by atoms with Gasteiger partial charge in [-0.1, -0.05) is 26.7 Å². The van der Waals surface area contributed by atoms with Gasteiger partial charge in [-0.05, 0) is 36.5 Å². The molecule has 14 heavy (non-hydrogen) atoms. The molecule has 0 aliphatic heterocycles. The molecule has 0 bridgehead atoms. The maximum absolute atomic E-state index is 11.3. The smallest absolute Gasteiger partial charge is 0.132 e. The Kier molecular flexibility index (Phi) is 2.45. The van der Waals surface area contributed by atoms with Crippen molar-refractivity contribution < 1.29 is 4.79 Å². The van der Waals surface area contributed by atoms with E-state index in [2.05, 4.69) is 13.8 Å². The van der Waals surface area contributed by atoms with Crippen molar-refractivity contribution >= 4 is 5.78 Å². The molecule has 2 aliphatic carbocycles. The molecule has 0 heterocycles. The van der Waals surface area contributed by atoms with Crippen molar-refractivity contribution in [3.63, 3.8) is 0 Å². The van der Waals surface area contributed by atoms with Crippen molar-refractivity contribution in [3.05, 3.63) is 0 Å². The Morgan fingerprint density at radius 3 is 2.07 bits per heavy atom. The van der Waals surface area contributed by atoms with E-state index in [0.717, 1.165) is 12.8 Å². The SMILES string of the molecule is CC1(C)CCCCC12CCC(=O)CC2. The van der Waals surface area contributed by atoms with Crippen LogP contribution in [0.2, 0.25) is 0 Å². The maximum atomic E-state index is 11.3. The van der Waals surface area contributed by atoms with Crippen molar-refractivity contribution in [2.75, 3.05) is 0 Å². The number of hydrogen-bond donors (Lipinski definition) is 0. The van der Waals surface area contributed by atoms with Crippen molar-refractivity contribution in [2.24, 2.45) is 10.8 Å². The third-order valence-electron chi connectivity index (χ3n) is 4.91. The van der Waals surface area contributed by atoms with Gasteiger partial charge in [-0.2, -0.15) is 0 Å². The lowest BCUT2D eigenvalue weighted by molar-refractivity contribution is -0.126. The van der Waals surface area contributed by atoms with Crippen LogP contribution in [0.15, 0.2) is 0 Å². The van der Waals surface area contributed by atoms with Crippen LogP contribution in [0.3, 0.4) is 0 Å². The Labute approximate surface area is 87.3 Å². The van der Waals surface area contributed by atoms with Gasteiger partial charge >= 0.3 is 0 Å². The minimum atomic E-state index is 0.478. The first-order valence-corrected chi connectivity index (χ1v) is 6.08. The molecule has 0 atom stereocenters. The minimum absolute atomic E-state index is 0.478. The zero-order chi connectivity index (χ0) is 10.2. The molecular formula is C13H22O. The Morgan fingerprint density at radius 2 is 1.50 bits per heavy atom. The zero-order valence-corrected chi connectivity index (χ0v) is 9.57. The molecule has 2 fully saturated rings. The number of carbonyl (C=O) groups excluding carboxylic acids is 1. The number of hydrogen-bond acceptors (Lipinski definition) is 1. The molecule has 2 rings (SSSR count). The van der Waals surface area contributed by atoms with Crippen LogP contribution >= 0.6 is 0 Å². The predicted molar refractivity (Wildman–Crippen MR) is 58.2 cm³/mol. The lowest BCUT2D eigenvalue weighted by atomic mass is 9.52. The van der Waals surface area contributed by atoms with Gasteiger partial charge in [0, 0.05) is 12.8 Å². The zero-order valence-electron chi connectivity index (χ0n) is 9.57. The maximum Gasteiger partial charge on any atom is 0.132 e. The van der Waals surface area contributed by atoms with Crippen LogP contribution in [0.4, 0.5) is 0 Å². The predicted octanol–water partition coefficient (Wildman–Crippen LogP) is 3.72. The molecule has 1 heteroatoms. The summed E-state index contributed by atoms with van der Waals surface area (Å²) < 4.78 is 0. The number of rotatable bonds is 0. The highest BCUT2D eigenvalue weighted by Crippen LogP contribution is 2.57. The highest BCUT2D eigenvalue weighted by atomic mass is 16.1. The van der Waals surface area contributed by atoms with Crippen LogP contribution in [0.5, 0.6) is 0 Å². The first kappa shape index (κ1) is 10.2. The molecule has 0 aromatic heterocycles. The van der Waals surface area contributed by atoms with Gasteiger partial charge < -0.3 is 0 Å². The molecule has 0 amide bonds. The number of carbonyl (C=O) groups is 1. The first-order valence-electron chi connectivity index (χ1n) is 6.08. The molecule has 80 valence electrons. The topological polar surface area (TPSA) is 17.1 Å². The Hall–Kier alpha value is -0.330. The summed E-state index contributed by atoms with van der Waals surface area (Å²) in [6, 6.07) is 0. The van der Waals surface area contributed by atoms with Gasteiger partial charge in [-0.15, -0.1) is 0 Å². The highest BCUT2D eigenvalue weighted by molar-refractivity contribution is 5.79. The molecule has 0 aromatic rings. The van der Waals surface area contributed by atoms with E-state index >= 15 is 0 Å². The second-order valence-electron chi connectivity index (χ2n) is 5.91. The third-order valence-corrected chi connectivity index (χ3v) is 4.91. The van der Waals surface area contributed by atoms with Crippen LogP contribution in [0.1, 0.15) is 65.2 Å². The van der Waals surface area contributed by atoms with E-state index in [0.29, 0.717) is 16.6 Å². The summed E-state index contributed by atoms with van der Waals surface area (Å²) in [6.07, 6.45) is 9.54. The van der Waals surface area contributed by atoms with Gasteiger partial charge in [0.15, 0.2) is 0 Å². The third kappa shape index (κ3) is 1.51. The summed E-state index contributed by atoms with van der Waals surface area (Å²) in [4.78, 5) is 11.3. The van der Waals surface area contributed by atoms with E-state index in [1.807, 2.05) is 0 Å². The molecule has 2 aliphatic rings. The fourth-order valence-electron chi connectivity index (χ4n) is 3.57. The molecule has 0 unspecified atom stereocenters. The quantitative estimate of drug-likeness (QED) is 0.574. The average molecular weight is 194 g/mol. The average Bonchev–Trinajstić information content (AvgIpc) is 2.14. The summed E-state index contributed by atoms with van der Waals surface area (Å²) >= 11 is 0.